The first-order valence-corrected chi connectivity index (χ1v) is 8.11. The van der Waals surface area contributed by atoms with E-state index in [1.165, 1.54) is 6.26 Å². The topological polar surface area (TPSA) is 83.6 Å². The normalized spacial score (nSPS) is 17.7. The molecule has 0 radical (unpaired) electrons. The minimum Gasteiger partial charge on any atom is -0.481 e. The molecule has 0 unspecified atom stereocenters. The van der Waals surface area contributed by atoms with Crippen LogP contribution >= 0.6 is 11.6 Å². The number of carbonyl (C=O) groups is 2. The maximum Gasteiger partial charge on any atom is 0.308 e. The molecule has 24 heavy (non-hydrogen) atoms. The van der Waals surface area contributed by atoms with E-state index in [1.54, 1.807) is 29.2 Å². The molecule has 1 atom stereocenters. The third-order valence-corrected chi connectivity index (χ3v) is 4.35. The first kappa shape index (κ1) is 16.5. The maximum atomic E-state index is 12.4. The molecule has 6 nitrogen and oxygen atoms in total. The molecule has 1 aliphatic rings. The van der Waals surface area contributed by atoms with Gasteiger partial charge in [-0.05, 0) is 37.1 Å². The molecule has 0 aliphatic carbocycles. The second-order valence-corrected chi connectivity index (χ2v) is 6.28. The molecule has 3 rings (SSSR count). The number of aliphatic carboxylic acids is 1. The Kier molecular flexibility index (Phi) is 4.85. The molecule has 1 amide bonds. The summed E-state index contributed by atoms with van der Waals surface area (Å²) >= 11 is 5.85. The Balaban J connectivity index is 1.65. The van der Waals surface area contributed by atoms with Crippen molar-refractivity contribution in [1.29, 1.82) is 0 Å². The van der Waals surface area contributed by atoms with Gasteiger partial charge in [0.25, 0.3) is 0 Å². The number of nitrogens with zero attached hydrogens (tertiary/aromatic N) is 2. The second-order valence-electron chi connectivity index (χ2n) is 5.84. The number of likely N-dealkylation sites (tertiary alicyclic amines) is 1. The van der Waals surface area contributed by atoms with Gasteiger partial charge in [-0.1, -0.05) is 11.6 Å². The monoisotopic (exact) mass is 348 g/mol. The van der Waals surface area contributed by atoms with Gasteiger partial charge in [0.2, 0.25) is 11.8 Å². The summed E-state index contributed by atoms with van der Waals surface area (Å²) in [6, 6.07) is 7.07. The zero-order valence-corrected chi connectivity index (χ0v) is 13.7. The molecule has 1 aromatic heterocycles. The Labute approximate surface area is 144 Å². The average molecular weight is 349 g/mol. The molecule has 7 heteroatoms. The number of hydrogen-bond acceptors (Lipinski definition) is 4. The third kappa shape index (κ3) is 3.76. The summed E-state index contributed by atoms with van der Waals surface area (Å²) in [5.74, 6) is -1.03. The zero-order chi connectivity index (χ0) is 17.1. The van der Waals surface area contributed by atoms with Crippen LogP contribution in [0.15, 0.2) is 34.9 Å². The molecule has 1 N–H and O–H groups in total. The van der Waals surface area contributed by atoms with Crippen LogP contribution in [0.1, 0.15) is 18.5 Å². The number of benzene rings is 1. The summed E-state index contributed by atoms with van der Waals surface area (Å²) in [5.41, 5.74) is 1.31. The lowest BCUT2D eigenvalue weighted by Crippen LogP contribution is -2.43. The van der Waals surface area contributed by atoms with E-state index in [1.807, 2.05) is 0 Å². The molecule has 126 valence electrons. The first-order valence-electron chi connectivity index (χ1n) is 7.74. The summed E-state index contributed by atoms with van der Waals surface area (Å²) in [6.07, 6.45) is 2.88. The van der Waals surface area contributed by atoms with E-state index in [9.17, 15) is 9.59 Å². The fraction of sp³-hybridized carbons (Fsp3) is 0.353. The molecule has 0 saturated carbocycles. The first-order chi connectivity index (χ1) is 11.5. The number of rotatable bonds is 4. The van der Waals surface area contributed by atoms with Crippen molar-refractivity contribution in [3.63, 3.8) is 0 Å². The van der Waals surface area contributed by atoms with Crippen molar-refractivity contribution in [3.05, 3.63) is 41.2 Å². The van der Waals surface area contributed by atoms with Gasteiger partial charge < -0.3 is 14.4 Å². The van der Waals surface area contributed by atoms with Gasteiger partial charge in [0, 0.05) is 23.7 Å². The fourth-order valence-electron chi connectivity index (χ4n) is 2.79. The van der Waals surface area contributed by atoms with Crippen molar-refractivity contribution >= 4 is 23.5 Å². The minimum atomic E-state index is -0.848. The van der Waals surface area contributed by atoms with Crippen molar-refractivity contribution in [2.24, 2.45) is 5.92 Å². The molecule has 1 aliphatic heterocycles. The van der Waals surface area contributed by atoms with Gasteiger partial charge >= 0.3 is 5.97 Å². The van der Waals surface area contributed by atoms with E-state index >= 15 is 0 Å². The number of carboxylic acid groups (broad SMARTS) is 1. The molecule has 1 fully saturated rings. The second kappa shape index (κ2) is 7.05. The van der Waals surface area contributed by atoms with Crippen molar-refractivity contribution < 1.29 is 19.1 Å². The highest BCUT2D eigenvalue weighted by Crippen LogP contribution is 2.22. The molecular formula is C17H17ClN2O4. The molecule has 1 aromatic carbocycles. The maximum absolute atomic E-state index is 12.4. The van der Waals surface area contributed by atoms with Crippen LogP contribution in [0.3, 0.4) is 0 Å². The molecular weight excluding hydrogens is 332 g/mol. The Morgan fingerprint density at radius 2 is 2.08 bits per heavy atom. The van der Waals surface area contributed by atoms with Crippen LogP contribution in [0, 0.1) is 5.92 Å². The van der Waals surface area contributed by atoms with E-state index in [0.29, 0.717) is 36.0 Å². The Hall–Kier alpha value is -2.34. The Morgan fingerprint density at radius 3 is 2.79 bits per heavy atom. The number of amides is 1. The van der Waals surface area contributed by atoms with Gasteiger partial charge in [0.05, 0.1) is 18.0 Å². The number of hydrogen-bond donors (Lipinski definition) is 1. The van der Waals surface area contributed by atoms with Crippen LogP contribution in [-0.2, 0) is 16.0 Å². The van der Waals surface area contributed by atoms with Crippen molar-refractivity contribution in [2.45, 2.75) is 19.3 Å². The van der Waals surface area contributed by atoms with Crippen LogP contribution in [0.5, 0.6) is 0 Å². The highest BCUT2D eigenvalue weighted by atomic mass is 35.5. The number of halogens is 1. The zero-order valence-electron chi connectivity index (χ0n) is 12.9. The molecule has 2 aromatic rings. The van der Waals surface area contributed by atoms with Gasteiger partial charge in [0.1, 0.15) is 6.26 Å². The number of carboxylic acids is 1. The van der Waals surface area contributed by atoms with Gasteiger partial charge in [0.15, 0.2) is 0 Å². The number of aromatic nitrogens is 1. The molecule has 0 spiro atoms. The Bertz CT molecular complexity index is 741. The van der Waals surface area contributed by atoms with E-state index in [4.69, 9.17) is 21.1 Å². The van der Waals surface area contributed by atoms with Gasteiger partial charge in [-0.3, -0.25) is 9.59 Å². The predicted molar refractivity (Wildman–Crippen MR) is 87.6 cm³/mol. The number of piperidine rings is 1. The van der Waals surface area contributed by atoms with Crippen molar-refractivity contribution in [3.8, 4) is 11.5 Å². The highest BCUT2D eigenvalue weighted by molar-refractivity contribution is 6.30. The van der Waals surface area contributed by atoms with E-state index in [0.717, 1.165) is 5.56 Å². The van der Waals surface area contributed by atoms with Gasteiger partial charge in [-0.15, -0.1) is 0 Å². The van der Waals surface area contributed by atoms with Crippen molar-refractivity contribution in [1.82, 2.24) is 9.88 Å². The van der Waals surface area contributed by atoms with Crippen LogP contribution in [0.2, 0.25) is 5.02 Å². The predicted octanol–water partition coefficient (Wildman–Crippen LogP) is 2.86. The van der Waals surface area contributed by atoms with Gasteiger partial charge in [-0.25, -0.2) is 4.98 Å². The number of oxazole rings is 1. The quantitative estimate of drug-likeness (QED) is 0.918. The summed E-state index contributed by atoms with van der Waals surface area (Å²) in [4.78, 5) is 29.4. The summed E-state index contributed by atoms with van der Waals surface area (Å²) in [7, 11) is 0. The lowest BCUT2D eigenvalue weighted by atomic mass is 9.98. The summed E-state index contributed by atoms with van der Waals surface area (Å²) in [5, 5.41) is 9.73. The fourth-order valence-corrected chi connectivity index (χ4v) is 2.91. The minimum absolute atomic E-state index is 0.101. The molecule has 0 bridgehead atoms. The van der Waals surface area contributed by atoms with Crippen LogP contribution in [-0.4, -0.2) is 40.0 Å². The molecule has 1 saturated heterocycles. The Morgan fingerprint density at radius 1 is 1.33 bits per heavy atom. The third-order valence-electron chi connectivity index (χ3n) is 4.10. The SMILES string of the molecule is O=C(O)[C@H]1CCCN(C(=O)Cc2coc(-c3ccc(Cl)cc3)n2)C1. The van der Waals surface area contributed by atoms with Crippen LogP contribution in [0.25, 0.3) is 11.5 Å². The standard InChI is InChI=1S/C17H17ClN2O4/c18-13-5-3-11(4-6-13)16-19-14(10-24-16)8-15(21)20-7-1-2-12(9-20)17(22)23/h3-6,10,12H,1-2,7-9H2,(H,22,23)/t12-/m0/s1. The smallest absolute Gasteiger partial charge is 0.308 e. The largest absolute Gasteiger partial charge is 0.481 e. The number of carbonyl (C=O) groups excluding carboxylic acids is 1. The van der Waals surface area contributed by atoms with Crippen molar-refractivity contribution in [2.75, 3.05) is 13.1 Å². The van der Waals surface area contributed by atoms with E-state index < -0.39 is 11.9 Å². The average Bonchev–Trinajstić information content (AvgIpc) is 3.04. The summed E-state index contributed by atoms with van der Waals surface area (Å²) < 4.78 is 5.42. The van der Waals surface area contributed by atoms with Gasteiger partial charge in [-0.2, -0.15) is 0 Å². The van der Waals surface area contributed by atoms with Crippen LogP contribution in [0.4, 0.5) is 0 Å². The highest BCUT2D eigenvalue weighted by Gasteiger charge is 2.28. The van der Waals surface area contributed by atoms with E-state index in [2.05, 4.69) is 4.98 Å². The lowest BCUT2D eigenvalue weighted by Gasteiger charge is -2.30. The summed E-state index contributed by atoms with van der Waals surface area (Å²) in [6.45, 7) is 0.848. The molecule has 2 heterocycles. The van der Waals surface area contributed by atoms with Crippen LogP contribution < -0.4 is 0 Å². The lowest BCUT2D eigenvalue weighted by molar-refractivity contribution is -0.145. The van der Waals surface area contributed by atoms with E-state index in [-0.39, 0.29) is 18.9 Å².